The van der Waals surface area contributed by atoms with E-state index in [-0.39, 0.29) is 23.4 Å². The van der Waals surface area contributed by atoms with Gasteiger partial charge in [-0.15, -0.1) is 0 Å². The van der Waals surface area contributed by atoms with Crippen molar-refractivity contribution in [2.24, 2.45) is 0 Å². The van der Waals surface area contributed by atoms with Crippen LogP contribution in [0.2, 0.25) is 5.15 Å². The van der Waals surface area contributed by atoms with Crippen LogP contribution in [0, 0.1) is 0 Å². The van der Waals surface area contributed by atoms with Gasteiger partial charge in [-0.05, 0) is 37.1 Å². The molecule has 1 aliphatic heterocycles. The molecule has 9 heteroatoms. The number of likely N-dealkylation sites (tertiary alicyclic amines) is 1. The number of carbonyl (C=O) groups is 1. The number of rotatable bonds is 7. The Hall–Kier alpha value is -2.00. The summed E-state index contributed by atoms with van der Waals surface area (Å²) in [7, 11) is -2.09. The molecule has 3 rings (SSSR count). The number of aromatic nitrogens is 1. The zero-order valence-electron chi connectivity index (χ0n) is 16.2. The summed E-state index contributed by atoms with van der Waals surface area (Å²) in [6.07, 6.45) is 2.58. The highest BCUT2D eigenvalue weighted by Gasteiger charge is 2.34. The Morgan fingerprint density at radius 2 is 1.90 bits per heavy atom. The van der Waals surface area contributed by atoms with Crippen LogP contribution in [0.1, 0.15) is 23.2 Å². The summed E-state index contributed by atoms with van der Waals surface area (Å²) in [6, 6.07) is 11.4. The van der Waals surface area contributed by atoms with Crippen LogP contribution in [0.3, 0.4) is 0 Å². The van der Waals surface area contributed by atoms with Crippen molar-refractivity contribution in [3.05, 3.63) is 59.4 Å². The number of piperidine rings is 1. The number of pyridine rings is 1. The van der Waals surface area contributed by atoms with E-state index in [0.717, 1.165) is 0 Å². The highest BCUT2D eigenvalue weighted by atomic mass is 35.5. The van der Waals surface area contributed by atoms with Crippen molar-refractivity contribution in [1.29, 1.82) is 0 Å². The van der Waals surface area contributed by atoms with E-state index in [9.17, 15) is 13.2 Å². The SMILES string of the molecule is COCCN(C1CCN(C(=O)c2ccc(Cl)nc2)CC1)S(=O)(=O)c1ccccc1. The largest absolute Gasteiger partial charge is 0.383 e. The number of carbonyl (C=O) groups excluding carboxylic acids is 1. The number of hydrogen-bond acceptors (Lipinski definition) is 5. The zero-order valence-corrected chi connectivity index (χ0v) is 17.8. The molecule has 0 aliphatic carbocycles. The molecule has 0 bridgehead atoms. The van der Waals surface area contributed by atoms with E-state index in [1.165, 1.54) is 10.5 Å². The lowest BCUT2D eigenvalue weighted by molar-refractivity contribution is 0.0665. The van der Waals surface area contributed by atoms with Gasteiger partial charge in [-0.3, -0.25) is 4.79 Å². The number of methoxy groups -OCH3 is 1. The van der Waals surface area contributed by atoms with Gasteiger partial charge in [-0.2, -0.15) is 4.31 Å². The van der Waals surface area contributed by atoms with Gasteiger partial charge in [0.05, 0.1) is 17.1 Å². The molecule has 156 valence electrons. The van der Waals surface area contributed by atoms with Crippen molar-refractivity contribution >= 4 is 27.5 Å². The van der Waals surface area contributed by atoms with Gasteiger partial charge in [0.15, 0.2) is 0 Å². The maximum Gasteiger partial charge on any atom is 0.255 e. The molecule has 29 heavy (non-hydrogen) atoms. The molecule has 7 nitrogen and oxygen atoms in total. The van der Waals surface area contributed by atoms with Crippen molar-refractivity contribution in [2.75, 3.05) is 33.4 Å². The molecule has 0 atom stereocenters. The first-order valence-corrected chi connectivity index (χ1v) is 11.2. The number of halogens is 1. The number of amides is 1. The smallest absolute Gasteiger partial charge is 0.255 e. The summed E-state index contributed by atoms with van der Waals surface area (Å²) >= 11 is 5.78. The van der Waals surface area contributed by atoms with E-state index in [2.05, 4.69) is 4.98 Å². The monoisotopic (exact) mass is 437 g/mol. The molecule has 0 N–H and O–H groups in total. The van der Waals surface area contributed by atoms with E-state index in [1.54, 1.807) is 54.5 Å². The quantitative estimate of drug-likeness (QED) is 0.622. The van der Waals surface area contributed by atoms with Gasteiger partial charge in [-0.1, -0.05) is 29.8 Å². The Kier molecular flexibility index (Phi) is 7.23. The predicted octanol–water partition coefficient (Wildman–Crippen LogP) is 2.68. The second kappa shape index (κ2) is 9.67. The molecular weight excluding hydrogens is 414 g/mol. The van der Waals surface area contributed by atoms with Crippen LogP contribution in [0.15, 0.2) is 53.6 Å². The molecule has 0 spiro atoms. The molecule has 1 fully saturated rings. The Morgan fingerprint density at radius 3 is 2.48 bits per heavy atom. The van der Waals surface area contributed by atoms with E-state index >= 15 is 0 Å². The van der Waals surface area contributed by atoms with Gasteiger partial charge >= 0.3 is 0 Å². The molecular formula is C20H24ClN3O4S. The van der Waals surface area contributed by atoms with Gasteiger partial charge in [-0.25, -0.2) is 13.4 Å². The second-order valence-corrected chi connectivity index (χ2v) is 9.09. The maximum atomic E-state index is 13.2. The second-order valence-electron chi connectivity index (χ2n) is 6.81. The van der Waals surface area contributed by atoms with Gasteiger partial charge in [0.1, 0.15) is 5.15 Å². The first-order chi connectivity index (χ1) is 13.9. The molecule has 1 amide bonds. The molecule has 1 saturated heterocycles. The first-order valence-electron chi connectivity index (χ1n) is 9.40. The third-order valence-corrected chi connectivity index (χ3v) is 7.19. The highest BCUT2D eigenvalue weighted by molar-refractivity contribution is 7.89. The fourth-order valence-electron chi connectivity index (χ4n) is 3.45. The van der Waals surface area contributed by atoms with Crippen LogP contribution in [0.5, 0.6) is 0 Å². The summed E-state index contributed by atoms with van der Waals surface area (Å²) in [4.78, 5) is 18.6. The highest BCUT2D eigenvalue weighted by Crippen LogP contribution is 2.25. The third-order valence-electron chi connectivity index (χ3n) is 5.00. The summed E-state index contributed by atoms with van der Waals surface area (Å²) in [5.41, 5.74) is 0.473. The van der Waals surface area contributed by atoms with E-state index in [1.807, 2.05) is 0 Å². The number of hydrogen-bond donors (Lipinski definition) is 0. The predicted molar refractivity (Wildman–Crippen MR) is 110 cm³/mol. The fraction of sp³-hybridized carbons (Fsp3) is 0.400. The Bertz CT molecular complexity index is 915. The van der Waals surface area contributed by atoms with Crippen molar-refractivity contribution in [3.8, 4) is 0 Å². The van der Waals surface area contributed by atoms with Crippen LogP contribution in [0.25, 0.3) is 0 Å². The number of ether oxygens (including phenoxy) is 1. The number of benzene rings is 1. The van der Waals surface area contributed by atoms with Crippen molar-refractivity contribution in [2.45, 2.75) is 23.8 Å². The molecule has 2 heterocycles. The maximum absolute atomic E-state index is 13.2. The van der Waals surface area contributed by atoms with Gasteiger partial charge in [0, 0.05) is 39.0 Å². The van der Waals surface area contributed by atoms with Crippen molar-refractivity contribution in [3.63, 3.8) is 0 Å². The van der Waals surface area contributed by atoms with Crippen molar-refractivity contribution < 1.29 is 17.9 Å². The zero-order chi connectivity index (χ0) is 20.9. The topological polar surface area (TPSA) is 79.8 Å². The first kappa shape index (κ1) is 21.7. The summed E-state index contributed by atoms with van der Waals surface area (Å²) < 4.78 is 33.0. The van der Waals surface area contributed by atoms with Crippen molar-refractivity contribution in [1.82, 2.24) is 14.2 Å². The Labute approximate surface area is 176 Å². The lowest BCUT2D eigenvalue weighted by Gasteiger charge is -2.37. The Balaban J connectivity index is 1.72. The third kappa shape index (κ3) is 5.14. The average molecular weight is 438 g/mol. The molecule has 1 aromatic heterocycles. The number of sulfonamides is 1. The molecule has 2 aromatic rings. The van der Waals surface area contributed by atoms with E-state index in [4.69, 9.17) is 16.3 Å². The van der Waals surface area contributed by atoms with Gasteiger partial charge in [0.2, 0.25) is 10.0 Å². The van der Waals surface area contributed by atoms with Crippen LogP contribution in [-0.2, 0) is 14.8 Å². The Morgan fingerprint density at radius 1 is 1.21 bits per heavy atom. The fourth-order valence-corrected chi connectivity index (χ4v) is 5.25. The van der Waals surface area contributed by atoms with Gasteiger partial charge in [0.25, 0.3) is 5.91 Å². The van der Waals surface area contributed by atoms with Crippen LogP contribution in [0.4, 0.5) is 0 Å². The lowest BCUT2D eigenvalue weighted by atomic mass is 10.0. The van der Waals surface area contributed by atoms with Gasteiger partial charge < -0.3 is 9.64 Å². The van der Waals surface area contributed by atoms with E-state index in [0.29, 0.717) is 43.3 Å². The van der Waals surface area contributed by atoms with E-state index < -0.39 is 10.0 Å². The summed E-state index contributed by atoms with van der Waals surface area (Å²) in [5.74, 6) is -0.123. The average Bonchev–Trinajstić information content (AvgIpc) is 2.75. The minimum absolute atomic E-state index is 0.123. The normalized spacial score (nSPS) is 15.6. The summed E-state index contributed by atoms with van der Waals surface area (Å²) in [6.45, 7) is 1.52. The summed E-state index contributed by atoms with van der Waals surface area (Å²) in [5, 5.41) is 0.333. The molecule has 1 aromatic carbocycles. The molecule has 0 radical (unpaired) electrons. The number of nitrogens with zero attached hydrogens (tertiary/aromatic N) is 3. The van der Waals surface area contributed by atoms with Crippen LogP contribution < -0.4 is 0 Å². The molecule has 0 saturated carbocycles. The minimum Gasteiger partial charge on any atom is -0.383 e. The van der Waals surface area contributed by atoms with Crippen LogP contribution in [-0.4, -0.2) is 67.9 Å². The minimum atomic E-state index is -3.64. The lowest BCUT2D eigenvalue weighted by Crippen LogP contribution is -2.49. The molecule has 0 unspecified atom stereocenters. The molecule has 1 aliphatic rings. The van der Waals surface area contributed by atoms with Crippen LogP contribution >= 0.6 is 11.6 Å². The standard InChI is InChI=1S/C20H24ClN3O4S/c1-28-14-13-24(29(26,27)18-5-3-2-4-6-18)17-9-11-23(12-10-17)20(25)16-7-8-19(21)22-15-16/h2-8,15,17H,9-14H2,1H3.